The molecule has 5 N–H and O–H groups in total. The molecule has 1 amide bonds. The molecule has 0 aliphatic heterocycles. The highest BCUT2D eigenvalue weighted by molar-refractivity contribution is 6.07. The zero-order valence-corrected chi connectivity index (χ0v) is 23.1. The number of hydrogen-bond donors (Lipinski definition) is 4. The van der Waals surface area contributed by atoms with E-state index in [4.69, 9.17) is 5.73 Å². The van der Waals surface area contributed by atoms with Gasteiger partial charge in [0.05, 0.1) is 0 Å². The molecule has 1 aromatic heterocycles. The largest absolute Gasteiger partial charge is 0.393 e. The van der Waals surface area contributed by atoms with E-state index in [2.05, 4.69) is 33.1 Å². The molecular weight excluding hydrogens is 472 g/mol. The normalized spacial score (nSPS) is 11.0. The van der Waals surface area contributed by atoms with Crippen LogP contribution in [0.3, 0.4) is 0 Å². The van der Waals surface area contributed by atoms with Crippen molar-refractivity contribution in [3.8, 4) is 0 Å². The first-order valence-electron chi connectivity index (χ1n) is 14.6. The first-order valence-corrected chi connectivity index (χ1v) is 14.6. The Labute approximate surface area is 228 Å². The number of hydrazine groups is 1. The molecule has 0 spiro atoms. The fourth-order valence-corrected chi connectivity index (χ4v) is 4.77. The van der Waals surface area contributed by atoms with E-state index < -0.39 is 0 Å². The fraction of sp³-hybridized carbons (Fsp3) is 0.516. The molecule has 206 valence electrons. The number of benzene rings is 2. The second-order valence-corrected chi connectivity index (χ2v) is 10.1. The highest BCUT2D eigenvalue weighted by atomic mass is 16.2. The van der Waals surface area contributed by atoms with E-state index in [0.717, 1.165) is 23.7 Å². The third-order valence-electron chi connectivity index (χ3n) is 7.04. The number of nitrogen functional groups attached to an aromatic ring is 1. The van der Waals surface area contributed by atoms with Crippen LogP contribution in [0.2, 0.25) is 0 Å². The molecule has 0 fully saturated rings. The first-order chi connectivity index (χ1) is 18.7. The van der Waals surface area contributed by atoms with E-state index in [9.17, 15) is 4.79 Å². The van der Waals surface area contributed by atoms with Gasteiger partial charge in [0, 0.05) is 12.1 Å². The number of nitrogens with one attached hydrogen (secondary N) is 3. The Morgan fingerprint density at radius 2 is 1.32 bits per heavy atom. The number of unbranched alkanes of at least 4 members (excludes halogenated alkanes) is 13. The number of nitrogens with two attached hydrogens (primary N) is 1. The third kappa shape index (κ3) is 9.84. The molecule has 0 aliphatic carbocycles. The minimum atomic E-state index is -0.253. The molecule has 2 aromatic carbocycles. The summed E-state index contributed by atoms with van der Waals surface area (Å²) in [7, 11) is 0. The van der Waals surface area contributed by atoms with Crippen molar-refractivity contribution in [3.63, 3.8) is 0 Å². The second kappa shape index (κ2) is 17.2. The quantitative estimate of drug-likeness (QED) is 0.0951. The Bertz CT molecular complexity index is 1100. The lowest BCUT2D eigenvalue weighted by Crippen LogP contribution is -2.30. The van der Waals surface area contributed by atoms with Crippen molar-refractivity contribution in [2.75, 3.05) is 23.0 Å². The summed E-state index contributed by atoms with van der Waals surface area (Å²) >= 11 is 0. The highest BCUT2D eigenvalue weighted by Crippen LogP contribution is 2.23. The van der Waals surface area contributed by atoms with Gasteiger partial charge in [-0.2, -0.15) is 0 Å². The van der Waals surface area contributed by atoms with Crippen LogP contribution in [0.4, 0.5) is 17.3 Å². The summed E-state index contributed by atoms with van der Waals surface area (Å²) in [5.74, 6) is 0.699. The Morgan fingerprint density at radius 1 is 0.737 bits per heavy atom. The lowest BCUT2D eigenvalue weighted by atomic mass is 10.0. The maximum Gasteiger partial charge on any atom is 0.270 e. The highest BCUT2D eigenvalue weighted by Gasteiger charge is 2.12. The number of anilines is 3. The van der Waals surface area contributed by atoms with Crippen LogP contribution >= 0.6 is 0 Å². The number of hydrogen-bond acceptors (Lipinski definition) is 6. The molecule has 7 nitrogen and oxygen atoms in total. The van der Waals surface area contributed by atoms with E-state index in [1.165, 1.54) is 89.8 Å². The molecule has 38 heavy (non-hydrogen) atoms. The predicted octanol–water partition coefficient (Wildman–Crippen LogP) is 7.86. The number of amides is 1. The number of nitrogens with zero attached hydrogens (tertiary/aromatic N) is 2. The minimum absolute atomic E-state index is 0.253. The van der Waals surface area contributed by atoms with Crippen molar-refractivity contribution < 1.29 is 4.79 Å². The molecular formula is C31H46N6O. The van der Waals surface area contributed by atoms with Gasteiger partial charge in [0.25, 0.3) is 5.91 Å². The van der Waals surface area contributed by atoms with Crippen molar-refractivity contribution in [2.45, 2.75) is 96.8 Å². The van der Waals surface area contributed by atoms with E-state index in [-0.39, 0.29) is 5.91 Å². The van der Waals surface area contributed by atoms with Gasteiger partial charge in [0.15, 0.2) is 11.6 Å². The first kappa shape index (κ1) is 29.2. The Kier molecular flexibility index (Phi) is 13.2. The Balaban J connectivity index is 1.28. The third-order valence-corrected chi connectivity index (χ3v) is 7.04. The van der Waals surface area contributed by atoms with Gasteiger partial charge in [-0.25, -0.2) is 9.97 Å². The molecule has 0 aliphatic rings. The summed E-state index contributed by atoms with van der Waals surface area (Å²) in [6, 6.07) is 13.4. The van der Waals surface area contributed by atoms with E-state index in [0.29, 0.717) is 22.9 Å². The molecule has 0 saturated heterocycles. The van der Waals surface area contributed by atoms with Crippen molar-refractivity contribution in [2.24, 2.45) is 0 Å². The van der Waals surface area contributed by atoms with Crippen molar-refractivity contribution >= 4 is 34.0 Å². The van der Waals surface area contributed by atoms with Gasteiger partial charge in [-0.3, -0.25) is 15.6 Å². The smallest absolute Gasteiger partial charge is 0.270 e. The lowest BCUT2D eigenvalue weighted by molar-refractivity contribution is 0.0964. The van der Waals surface area contributed by atoms with E-state index in [1.807, 2.05) is 36.4 Å². The van der Waals surface area contributed by atoms with E-state index in [1.54, 1.807) is 6.07 Å². The molecule has 0 atom stereocenters. The number of aromatic nitrogens is 2. The van der Waals surface area contributed by atoms with Crippen molar-refractivity contribution in [3.05, 3.63) is 54.4 Å². The topological polar surface area (TPSA) is 105 Å². The summed E-state index contributed by atoms with van der Waals surface area (Å²) in [6.45, 7) is 3.08. The summed E-state index contributed by atoms with van der Waals surface area (Å²) in [5.41, 5.74) is 12.8. The number of rotatable bonds is 19. The zero-order chi connectivity index (χ0) is 26.8. The number of fused-ring (bicyclic) bond motifs is 1. The predicted molar refractivity (Wildman–Crippen MR) is 160 cm³/mol. The Morgan fingerprint density at radius 3 is 2.00 bits per heavy atom. The van der Waals surface area contributed by atoms with E-state index >= 15 is 0 Å². The van der Waals surface area contributed by atoms with Crippen molar-refractivity contribution in [1.29, 1.82) is 0 Å². The average Bonchev–Trinajstić information content (AvgIpc) is 2.94. The zero-order valence-electron chi connectivity index (χ0n) is 23.1. The van der Waals surface area contributed by atoms with Crippen LogP contribution in [0, 0.1) is 0 Å². The molecule has 0 radical (unpaired) electrons. The van der Waals surface area contributed by atoms with Gasteiger partial charge in [-0.05, 0) is 23.3 Å². The van der Waals surface area contributed by atoms with Gasteiger partial charge in [0.1, 0.15) is 12.0 Å². The van der Waals surface area contributed by atoms with Gasteiger partial charge >= 0.3 is 0 Å². The lowest BCUT2D eigenvalue weighted by Gasteiger charge is -2.14. The molecule has 0 unspecified atom stereocenters. The van der Waals surface area contributed by atoms with Crippen LogP contribution in [-0.2, 0) is 0 Å². The molecule has 1 heterocycles. The summed E-state index contributed by atoms with van der Waals surface area (Å²) in [5, 5.41) is 5.21. The van der Waals surface area contributed by atoms with Crippen molar-refractivity contribution in [1.82, 2.24) is 15.4 Å². The van der Waals surface area contributed by atoms with Crippen LogP contribution in [0.1, 0.15) is 107 Å². The molecule has 0 saturated carbocycles. The molecule has 0 bridgehead atoms. The van der Waals surface area contributed by atoms with Gasteiger partial charge in [-0.1, -0.05) is 127 Å². The van der Waals surface area contributed by atoms with Crippen LogP contribution in [-0.4, -0.2) is 22.4 Å². The second-order valence-electron chi connectivity index (χ2n) is 10.1. The van der Waals surface area contributed by atoms with Crippen LogP contribution in [0.25, 0.3) is 10.8 Å². The van der Waals surface area contributed by atoms with Crippen LogP contribution < -0.4 is 21.9 Å². The summed E-state index contributed by atoms with van der Waals surface area (Å²) in [6.07, 6.45) is 20.2. The molecule has 3 rings (SSSR count). The maximum absolute atomic E-state index is 12.8. The van der Waals surface area contributed by atoms with Gasteiger partial charge in [0.2, 0.25) is 0 Å². The average molecular weight is 519 g/mol. The maximum atomic E-state index is 12.8. The number of carbonyl (C=O) groups excluding carboxylic acids is 1. The summed E-state index contributed by atoms with van der Waals surface area (Å²) < 4.78 is 0. The summed E-state index contributed by atoms with van der Waals surface area (Å²) in [4.78, 5) is 21.2. The standard InChI is InChI=1S/C31H46N6O/c1-2-3-4-5-6-7-8-9-10-11-12-13-14-17-23-33-29-28(32)30(35-24-34-29)36-37-31(38)27-22-18-20-25-19-15-16-21-26(25)27/h15-16,18-22,24H,2-14,17,23,32H2,1H3,(H,37,38)(H2,33,34,35,36). The van der Waals surface area contributed by atoms with Gasteiger partial charge < -0.3 is 11.1 Å². The van der Waals surface area contributed by atoms with Crippen LogP contribution in [0.15, 0.2) is 48.8 Å². The fourth-order valence-electron chi connectivity index (χ4n) is 4.77. The molecule has 7 heteroatoms. The Hall–Kier alpha value is -3.35. The SMILES string of the molecule is CCCCCCCCCCCCCCCCNc1ncnc(NNC(=O)c2cccc3ccccc23)c1N. The molecule has 3 aromatic rings. The monoisotopic (exact) mass is 518 g/mol. The minimum Gasteiger partial charge on any atom is -0.393 e. The number of carbonyl (C=O) groups is 1. The van der Waals surface area contributed by atoms with Gasteiger partial charge in [-0.15, -0.1) is 0 Å². The van der Waals surface area contributed by atoms with Crippen LogP contribution in [0.5, 0.6) is 0 Å².